The molecule has 38 heavy (non-hydrogen) atoms. The fourth-order valence-electron chi connectivity index (χ4n) is 5.10. The second-order valence-corrected chi connectivity index (χ2v) is 11.8. The summed E-state index contributed by atoms with van der Waals surface area (Å²) in [6.07, 6.45) is 3.19. The number of rotatable bonds is 7. The summed E-state index contributed by atoms with van der Waals surface area (Å²) in [7, 11) is 3.29. The molecule has 2 N–H and O–H groups in total. The normalized spacial score (nSPS) is 23.2. The van der Waals surface area contributed by atoms with Gasteiger partial charge in [0.15, 0.2) is 5.17 Å². The maximum Gasteiger partial charge on any atom is 0.257 e. The van der Waals surface area contributed by atoms with E-state index >= 15 is 0 Å². The van der Waals surface area contributed by atoms with Crippen molar-refractivity contribution in [2.24, 2.45) is 10.9 Å². The van der Waals surface area contributed by atoms with E-state index in [1.165, 1.54) is 0 Å². The first-order chi connectivity index (χ1) is 18.5. The minimum atomic E-state index is -0.610. The number of hydrogen-bond donors (Lipinski definition) is 2. The average Bonchev–Trinajstić information content (AvgIpc) is 3.53. The number of amides is 1. The Bertz CT molecular complexity index is 1360. The molecule has 0 unspecified atom stereocenters. The first kappa shape index (κ1) is 25.2. The Morgan fingerprint density at radius 3 is 2.76 bits per heavy atom. The van der Waals surface area contributed by atoms with Crippen LogP contribution in [0.5, 0.6) is 11.5 Å². The standard InChI is InChI=1S/C28H30N4O4S2/c1-34-21-9-8-19(22(12-21)35-2)14-29-23-16-37-25(30-23)28-17-36-27(10-11-27)13-20(28)15-38-26(32-28)31-24(33)18-6-4-3-5-7-18/h3-9,12,16,20,29H,10-11,13-15,17H2,1-2H3,(H,31,32,33)/t20-,28-/m1/s1. The monoisotopic (exact) mass is 550 g/mol. The van der Waals surface area contributed by atoms with Crippen LogP contribution in [0.25, 0.3) is 0 Å². The molecule has 2 fully saturated rings. The van der Waals surface area contributed by atoms with Crippen molar-refractivity contribution in [3.05, 3.63) is 70.0 Å². The molecule has 1 spiro atoms. The molecule has 2 aromatic carbocycles. The number of ether oxygens (including phenoxy) is 3. The third-order valence-electron chi connectivity index (χ3n) is 7.51. The molecule has 10 heteroatoms. The molecule has 3 aromatic rings. The van der Waals surface area contributed by atoms with Crippen LogP contribution in [0.3, 0.4) is 0 Å². The van der Waals surface area contributed by atoms with Crippen LogP contribution in [0.15, 0.2) is 58.9 Å². The third kappa shape index (κ3) is 4.88. The number of anilines is 1. The fraction of sp³-hybridized carbons (Fsp3) is 0.393. The van der Waals surface area contributed by atoms with Gasteiger partial charge in [-0.15, -0.1) is 11.3 Å². The summed E-state index contributed by atoms with van der Waals surface area (Å²) in [5.74, 6) is 3.29. The van der Waals surface area contributed by atoms with Crippen LogP contribution in [0, 0.1) is 5.92 Å². The molecule has 3 heterocycles. The van der Waals surface area contributed by atoms with Gasteiger partial charge in [-0.25, -0.2) is 9.98 Å². The van der Waals surface area contributed by atoms with Crippen LogP contribution in [0.4, 0.5) is 5.82 Å². The van der Waals surface area contributed by atoms with Gasteiger partial charge in [0, 0.05) is 40.8 Å². The van der Waals surface area contributed by atoms with Crippen molar-refractivity contribution in [2.45, 2.75) is 36.9 Å². The highest BCUT2D eigenvalue weighted by Gasteiger charge is 2.58. The summed E-state index contributed by atoms with van der Waals surface area (Å²) in [6.45, 7) is 1.03. The van der Waals surface area contributed by atoms with Crippen molar-refractivity contribution >= 4 is 40.0 Å². The van der Waals surface area contributed by atoms with Gasteiger partial charge < -0.3 is 24.8 Å². The Morgan fingerprint density at radius 1 is 1.16 bits per heavy atom. The first-order valence-electron chi connectivity index (χ1n) is 12.7. The summed E-state index contributed by atoms with van der Waals surface area (Å²) in [6, 6.07) is 15.0. The van der Waals surface area contributed by atoms with Crippen molar-refractivity contribution in [2.75, 3.05) is 31.9 Å². The third-order valence-corrected chi connectivity index (χ3v) is 9.55. The molecule has 1 amide bonds. The summed E-state index contributed by atoms with van der Waals surface area (Å²) >= 11 is 3.20. The summed E-state index contributed by atoms with van der Waals surface area (Å²) in [5.41, 5.74) is 1.02. The molecule has 0 bridgehead atoms. The summed E-state index contributed by atoms with van der Waals surface area (Å²) in [4.78, 5) is 23.0. The van der Waals surface area contributed by atoms with Crippen molar-refractivity contribution < 1.29 is 19.0 Å². The van der Waals surface area contributed by atoms with E-state index in [1.807, 2.05) is 41.8 Å². The molecule has 198 valence electrons. The zero-order valence-electron chi connectivity index (χ0n) is 21.4. The number of aromatic nitrogens is 1. The zero-order chi connectivity index (χ0) is 26.2. The lowest BCUT2D eigenvalue weighted by Crippen LogP contribution is -2.51. The Balaban J connectivity index is 1.24. The minimum absolute atomic E-state index is 0.0122. The number of nitrogens with one attached hydrogen (secondary N) is 2. The summed E-state index contributed by atoms with van der Waals surface area (Å²) < 4.78 is 17.3. The second-order valence-electron chi connectivity index (χ2n) is 9.91. The number of fused-ring (bicyclic) bond motifs is 1. The second kappa shape index (κ2) is 10.2. The zero-order valence-corrected chi connectivity index (χ0v) is 23.0. The van der Waals surface area contributed by atoms with Gasteiger partial charge in [-0.1, -0.05) is 30.0 Å². The van der Waals surface area contributed by atoms with Crippen LogP contribution in [-0.4, -0.2) is 48.2 Å². The van der Waals surface area contributed by atoms with E-state index < -0.39 is 5.54 Å². The maximum absolute atomic E-state index is 12.9. The number of nitrogens with zero attached hydrogens (tertiary/aromatic N) is 2. The molecule has 1 saturated carbocycles. The SMILES string of the molecule is COc1ccc(CNc2csc([C@@]34COC5(CC5)C[C@@H]3CSC(NC(=O)c3ccccc3)=N4)n2)c(OC)c1. The first-order valence-corrected chi connectivity index (χ1v) is 14.5. The quantitative estimate of drug-likeness (QED) is 0.424. The molecule has 2 aliphatic heterocycles. The van der Waals surface area contributed by atoms with Crippen LogP contribution in [0.2, 0.25) is 0 Å². The molecule has 1 aliphatic carbocycles. The Labute approximate surface area is 230 Å². The lowest BCUT2D eigenvalue weighted by molar-refractivity contribution is -0.0725. The van der Waals surface area contributed by atoms with E-state index in [-0.39, 0.29) is 11.5 Å². The maximum atomic E-state index is 12.9. The van der Waals surface area contributed by atoms with Gasteiger partial charge >= 0.3 is 0 Å². The van der Waals surface area contributed by atoms with Crippen LogP contribution < -0.4 is 20.1 Å². The average molecular weight is 551 g/mol. The highest BCUT2D eigenvalue weighted by molar-refractivity contribution is 8.13. The number of amidine groups is 1. The molecule has 6 rings (SSSR count). The van der Waals surface area contributed by atoms with Crippen LogP contribution >= 0.6 is 23.1 Å². The molecular weight excluding hydrogens is 520 g/mol. The van der Waals surface area contributed by atoms with Gasteiger partial charge in [0.2, 0.25) is 0 Å². The van der Waals surface area contributed by atoms with Crippen molar-refractivity contribution in [3.63, 3.8) is 0 Å². The number of thiazole rings is 1. The fourth-order valence-corrected chi connectivity index (χ4v) is 7.23. The number of thioether (sulfide) groups is 1. The van der Waals surface area contributed by atoms with E-state index in [4.69, 9.17) is 24.2 Å². The van der Waals surface area contributed by atoms with Gasteiger partial charge in [0.1, 0.15) is 27.9 Å². The number of hydrogen-bond acceptors (Lipinski definition) is 9. The largest absolute Gasteiger partial charge is 0.497 e. The van der Waals surface area contributed by atoms with Gasteiger partial charge in [-0.2, -0.15) is 0 Å². The van der Waals surface area contributed by atoms with Crippen molar-refractivity contribution in [1.82, 2.24) is 10.3 Å². The van der Waals surface area contributed by atoms with Crippen molar-refractivity contribution in [1.29, 1.82) is 0 Å². The van der Waals surface area contributed by atoms with E-state index in [1.54, 1.807) is 49.5 Å². The Morgan fingerprint density at radius 2 is 2.00 bits per heavy atom. The number of carbonyl (C=O) groups excluding carboxylic acids is 1. The van der Waals surface area contributed by atoms with E-state index in [0.717, 1.165) is 52.9 Å². The highest BCUT2D eigenvalue weighted by atomic mass is 32.2. The lowest BCUT2D eigenvalue weighted by Gasteiger charge is -2.45. The number of benzene rings is 2. The lowest BCUT2D eigenvalue weighted by atomic mass is 9.79. The minimum Gasteiger partial charge on any atom is -0.497 e. The molecule has 0 radical (unpaired) electrons. The van der Waals surface area contributed by atoms with Gasteiger partial charge in [0.05, 0.1) is 26.4 Å². The molecule has 1 saturated heterocycles. The number of aliphatic imine (C=N–C) groups is 1. The van der Waals surface area contributed by atoms with E-state index in [9.17, 15) is 4.79 Å². The summed E-state index contributed by atoms with van der Waals surface area (Å²) in [5, 5.41) is 10.0. The van der Waals surface area contributed by atoms with Gasteiger partial charge in [0.25, 0.3) is 5.91 Å². The molecule has 3 aliphatic rings. The van der Waals surface area contributed by atoms with Gasteiger partial charge in [-0.3, -0.25) is 4.79 Å². The predicted octanol–water partition coefficient (Wildman–Crippen LogP) is 5.07. The molecule has 2 atom stereocenters. The molecule has 1 aromatic heterocycles. The number of methoxy groups -OCH3 is 2. The Kier molecular flexibility index (Phi) is 6.79. The van der Waals surface area contributed by atoms with Gasteiger partial charge in [-0.05, 0) is 43.5 Å². The smallest absolute Gasteiger partial charge is 0.257 e. The van der Waals surface area contributed by atoms with Crippen molar-refractivity contribution in [3.8, 4) is 11.5 Å². The van der Waals surface area contributed by atoms with E-state index in [2.05, 4.69) is 10.6 Å². The van der Waals surface area contributed by atoms with Crippen LogP contribution in [0.1, 0.15) is 40.2 Å². The number of carbonyl (C=O) groups is 1. The molecular formula is C28H30N4O4S2. The van der Waals surface area contributed by atoms with E-state index in [0.29, 0.717) is 29.8 Å². The predicted molar refractivity (Wildman–Crippen MR) is 150 cm³/mol. The molecule has 8 nitrogen and oxygen atoms in total. The Hall–Kier alpha value is -3.08. The van der Waals surface area contributed by atoms with Crippen LogP contribution in [-0.2, 0) is 16.8 Å². The highest BCUT2D eigenvalue weighted by Crippen LogP contribution is 2.56. The topological polar surface area (TPSA) is 94.1 Å².